The van der Waals surface area contributed by atoms with Gasteiger partial charge in [0.05, 0.1) is 18.3 Å². The zero-order chi connectivity index (χ0) is 21.3. The number of hydrogen-bond acceptors (Lipinski definition) is 6. The predicted octanol–water partition coefficient (Wildman–Crippen LogP) is 3.43. The molecule has 158 valence electrons. The maximum absolute atomic E-state index is 14.1. The number of aromatic amines is 1. The largest absolute Gasteiger partial charge is 0.494 e. The van der Waals surface area contributed by atoms with Crippen LogP contribution in [0.4, 0.5) is 21.7 Å². The summed E-state index contributed by atoms with van der Waals surface area (Å²) in [5, 5.41) is 4.16. The van der Waals surface area contributed by atoms with Crippen molar-refractivity contribution in [3.8, 4) is 5.75 Å². The zero-order valence-electron chi connectivity index (χ0n) is 17.4. The van der Waals surface area contributed by atoms with Crippen molar-refractivity contribution in [3.63, 3.8) is 0 Å². The van der Waals surface area contributed by atoms with E-state index in [1.807, 2.05) is 23.1 Å². The van der Waals surface area contributed by atoms with E-state index in [0.29, 0.717) is 19.6 Å². The summed E-state index contributed by atoms with van der Waals surface area (Å²) in [6, 6.07) is 8.78. The molecule has 3 heterocycles. The van der Waals surface area contributed by atoms with Gasteiger partial charge in [-0.05, 0) is 38.1 Å². The van der Waals surface area contributed by atoms with Gasteiger partial charge in [0, 0.05) is 43.3 Å². The number of piperazine rings is 1. The maximum atomic E-state index is 14.1. The molecule has 1 aliphatic heterocycles. The summed E-state index contributed by atoms with van der Waals surface area (Å²) in [4.78, 5) is 24.0. The van der Waals surface area contributed by atoms with Gasteiger partial charge in [0.25, 0.3) is 0 Å². The molecular weight excluding hydrogens is 385 g/mol. The topological polar surface area (TPSA) is 73.5 Å². The quantitative estimate of drug-likeness (QED) is 0.606. The Morgan fingerprint density at radius 1 is 1.33 bits per heavy atom. The number of nitrogens with zero attached hydrogens (tertiary/aromatic N) is 3. The number of fused-ring (bicyclic) bond motifs is 1. The smallest absolute Gasteiger partial charge is 0.165 e. The third-order valence-electron chi connectivity index (χ3n) is 5.29. The summed E-state index contributed by atoms with van der Waals surface area (Å²) < 4.78 is 19.1. The fraction of sp³-hybridized carbons (Fsp3) is 0.364. The molecule has 3 aromatic rings. The van der Waals surface area contributed by atoms with Gasteiger partial charge in [-0.1, -0.05) is 0 Å². The first-order valence-corrected chi connectivity index (χ1v) is 10.0. The highest BCUT2D eigenvalue weighted by Crippen LogP contribution is 2.31. The molecule has 4 rings (SSSR count). The molecule has 8 heteroatoms. The van der Waals surface area contributed by atoms with Gasteiger partial charge in [-0.2, -0.15) is 0 Å². The van der Waals surface area contributed by atoms with Crippen molar-refractivity contribution in [2.24, 2.45) is 0 Å². The number of hydrogen-bond donors (Lipinski definition) is 2. The van der Waals surface area contributed by atoms with Crippen molar-refractivity contribution in [2.45, 2.75) is 25.9 Å². The molecule has 0 bridgehead atoms. The Bertz CT molecular complexity index is 1050. The monoisotopic (exact) mass is 411 g/mol. The van der Waals surface area contributed by atoms with E-state index in [4.69, 9.17) is 4.74 Å². The number of rotatable bonds is 6. The second-order valence-electron chi connectivity index (χ2n) is 7.75. The fourth-order valence-electron chi connectivity index (χ4n) is 3.92. The number of nitrogens with one attached hydrogen (secondary N) is 2. The number of carbonyl (C=O) groups excluding carboxylic acids is 1. The van der Waals surface area contributed by atoms with E-state index in [-0.39, 0.29) is 17.8 Å². The summed E-state index contributed by atoms with van der Waals surface area (Å²) in [7, 11) is 1.44. The molecule has 2 aromatic heterocycles. The molecule has 30 heavy (non-hydrogen) atoms. The van der Waals surface area contributed by atoms with Crippen molar-refractivity contribution in [2.75, 3.05) is 41.9 Å². The highest BCUT2D eigenvalue weighted by atomic mass is 19.1. The maximum Gasteiger partial charge on any atom is 0.165 e. The summed E-state index contributed by atoms with van der Waals surface area (Å²) in [5.74, 6) is 1.41. The molecule has 1 aromatic carbocycles. The minimum Gasteiger partial charge on any atom is -0.494 e. The predicted molar refractivity (Wildman–Crippen MR) is 117 cm³/mol. The van der Waals surface area contributed by atoms with Crippen LogP contribution < -0.4 is 19.9 Å². The lowest BCUT2D eigenvalue weighted by molar-refractivity contribution is -0.109. The van der Waals surface area contributed by atoms with Crippen molar-refractivity contribution < 1.29 is 13.9 Å². The van der Waals surface area contributed by atoms with Crippen LogP contribution in [-0.4, -0.2) is 55.1 Å². The number of H-pyrrole nitrogens is 1. The Morgan fingerprint density at radius 3 is 2.90 bits per heavy atom. The van der Waals surface area contributed by atoms with E-state index in [9.17, 15) is 9.18 Å². The van der Waals surface area contributed by atoms with Gasteiger partial charge in [0.15, 0.2) is 17.4 Å². The molecule has 7 nitrogen and oxygen atoms in total. The number of halogens is 1. The van der Waals surface area contributed by atoms with Gasteiger partial charge in [-0.25, -0.2) is 9.37 Å². The fourth-order valence-corrected chi connectivity index (χ4v) is 3.92. The Morgan fingerprint density at radius 2 is 2.17 bits per heavy atom. The molecular formula is C22H26FN5O2. The second-order valence-corrected chi connectivity index (χ2v) is 7.75. The highest BCUT2D eigenvalue weighted by Gasteiger charge is 2.29. The molecule has 1 atom stereocenters. The molecule has 1 unspecified atom stereocenters. The molecule has 2 N–H and O–H groups in total. The van der Waals surface area contributed by atoms with Crippen LogP contribution in [0.5, 0.6) is 5.75 Å². The number of methoxy groups -OCH3 is 1. The van der Waals surface area contributed by atoms with Crippen LogP contribution in [0.1, 0.15) is 13.8 Å². The summed E-state index contributed by atoms with van der Waals surface area (Å²) in [6.07, 6.45) is 2.72. The minimum absolute atomic E-state index is 0.188. The third kappa shape index (κ3) is 3.77. The number of aldehydes is 1. The SMILES string of the molecule is COc1cc2[nH]c(N3CCN(c4ncccc4NC(C)C)CC3C=O)cc2cc1F. The van der Waals surface area contributed by atoms with E-state index >= 15 is 0 Å². The number of carbonyl (C=O) groups is 1. The van der Waals surface area contributed by atoms with Crippen LogP contribution >= 0.6 is 0 Å². The lowest BCUT2D eigenvalue weighted by Gasteiger charge is -2.40. The average molecular weight is 411 g/mol. The number of benzene rings is 1. The lowest BCUT2D eigenvalue weighted by Crippen LogP contribution is -2.54. The number of aromatic nitrogens is 2. The third-order valence-corrected chi connectivity index (χ3v) is 5.29. The molecule has 0 aliphatic carbocycles. The Labute approximate surface area is 174 Å². The molecule has 1 fully saturated rings. The molecule has 1 aliphatic rings. The number of ether oxygens (including phenoxy) is 1. The first kappa shape index (κ1) is 20.0. The van der Waals surface area contributed by atoms with Crippen LogP contribution in [0.15, 0.2) is 36.5 Å². The van der Waals surface area contributed by atoms with E-state index in [1.54, 1.807) is 12.3 Å². The van der Waals surface area contributed by atoms with Crippen LogP contribution in [-0.2, 0) is 4.79 Å². The minimum atomic E-state index is -0.410. The van der Waals surface area contributed by atoms with Gasteiger partial charge >= 0.3 is 0 Å². The van der Waals surface area contributed by atoms with Gasteiger partial charge in [0.1, 0.15) is 18.1 Å². The standard InChI is InChI=1S/C22H26FN5O2/c1-14(2)25-18-5-4-6-24-22(18)27-7-8-28(16(12-27)13-29)21-10-15-9-17(23)20(30-3)11-19(15)26-21/h4-6,9-11,13-14,16,25-26H,7-8,12H2,1-3H3. The Kier molecular flexibility index (Phi) is 5.48. The van der Waals surface area contributed by atoms with Crippen LogP contribution in [0.2, 0.25) is 0 Å². The van der Waals surface area contributed by atoms with Gasteiger partial charge < -0.3 is 29.6 Å². The van der Waals surface area contributed by atoms with Crippen molar-refractivity contribution in [1.82, 2.24) is 9.97 Å². The van der Waals surface area contributed by atoms with Crippen LogP contribution in [0.25, 0.3) is 10.9 Å². The number of anilines is 3. The summed E-state index contributed by atoms with van der Waals surface area (Å²) in [5.41, 5.74) is 1.72. The van der Waals surface area contributed by atoms with Crippen molar-refractivity contribution >= 4 is 34.5 Å². The highest BCUT2D eigenvalue weighted by molar-refractivity contribution is 5.86. The first-order valence-electron chi connectivity index (χ1n) is 10.0. The van der Waals surface area contributed by atoms with E-state index in [0.717, 1.165) is 34.5 Å². The van der Waals surface area contributed by atoms with Crippen molar-refractivity contribution in [1.29, 1.82) is 0 Å². The van der Waals surface area contributed by atoms with Crippen LogP contribution in [0.3, 0.4) is 0 Å². The van der Waals surface area contributed by atoms with Crippen LogP contribution in [0, 0.1) is 5.82 Å². The van der Waals surface area contributed by atoms with Gasteiger partial charge in [0.2, 0.25) is 0 Å². The van der Waals surface area contributed by atoms with E-state index < -0.39 is 5.82 Å². The van der Waals surface area contributed by atoms with E-state index in [2.05, 4.69) is 34.0 Å². The second kappa shape index (κ2) is 8.22. The zero-order valence-corrected chi connectivity index (χ0v) is 17.4. The number of pyridine rings is 1. The summed E-state index contributed by atoms with van der Waals surface area (Å²) >= 11 is 0. The molecule has 0 spiro atoms. The van der Waals surface area contributed by atoms with Gasteiger partial charge in [-0.15, -0.1) is 0 Å². The lowest BCUT2D eigenvalue weighted by atomic mass is 10.1. The van der Waals surface area contributed by atoms with E-state index in [1.165, 1.54) is 13.2 Å². The first-order chi connectivity index (χ1) is 14.5. The Balaban J connectivity index is 1.59. The van der Waals surface area contributed by atoms with Gasteiger partial charge in [-0.3, -0.25) is 0 Å². The average Bonchev–Trinajstić information content (AvgIpc) is 3.15. The molecule has 0 amide bonds. The normalized spacial score (nSPS) is 16.9. The van der Waals surface area contributed by atoms with Crippen molar-refractivity contribution in [3.05, 3.63) is 42.3 Å². The molecule has 0 saturated carbocycles. The molecule has 0 radical (unpaired) electrons. The Hall–Kier alpha value is -3.29. The molecule has 1 saturated heterocycles. The summed E-state index contributed by atoms with van der Waals surface area (Å²) in [6.45, 7) is 6.02.